The third kappa shape index (κ3) is 52.2. The number of rotatable bonds is 63. The van der Waals surface area contributed by atoms with Crippen LogP contribution in [0.15, 0.2) is 0 Å². The minimum atomic E-state index is -1.07. The number of carbonyl (C=O) groups is 6. The van der Waals surface area contributed by atoms with Crippen molar-refractivity contribution in [1.29, 1.82) is 0 Å². The summed E-state index contributed by atoms with van der Waals surface area (Å²) in [5, 5.41) is 20.2. The Bertz CT molecular complexity index is 1470. The lowest BCUT2D eigenvalue weighted by Crippen LogP contribution is -2.47. The van der Waals surface area contributed by atoms with Gasteiger partial charge in [-0.25, -0.2) is 4.79 Å². The van der Waals surface area contributed by atoms with E-state index < -0.39 is 24.1 Å². The molecule has 0 aromatic carbocycles. The van der Waals surface area contributed by atoms with Gasteiger partial charge in [0.25, 0.3) is 0 Å². The monoisotopic (exact) mass is 1140 g/mol. The van der Waals surface area contributed by atoms with E-state index in [-0.39, 0.29) is 101 Å². The normalized spacial score (nSPS) is 12.5. The summed E-state index contributed by atoms with van der Waals surface area (Å²) in [4.78, 5) is 74.5. The molecule has 0 aliphatic rings. The Morgan fingerprint density at radius 1 is 0.316 bits per heavy atom. The molecule has 4 amide bonds. The molecule has 79 heavy (non-hydrogen) atoms. The highest BCUT2D eigenvalue weighted by molar-refractivity contribution is 5.89. The fourth-order valence-electron chi connectivity index (χ4n) is 6.87. The molecule has 13 N–H and O–H groups in total. The molecule has 0 saturated heterocycles. The van der Waals surface area contributed by atoms with Gasteiger partial charge >= 0.3 is 5.97 Å². The molecule has 0 spiro atoms. The lowest BCUT2D eigenvalue weighted by atomic mass is 10.0. The maximum atomic E-state index is 13.0. The molecular weight excluding hydrogens is 1040 g/mol. The van der Waals surface area contributed by atoms with Crippen LogP contribution in [0, 0.1) is 0 Å². The molecule has 0 bridgehead atoms. The van der Waals surface area contributed by atoms with E-state index in [1.807, 2.05) is 0 Å². The molecule has 3 atom stereocenters. The van der Waals surface area contributed by atoms with E-state index in [1.54, 1.807) is 0 Å². The smallest absolute Gasteiger partial charge is 0.326 e. The van der Waals surface area contributed by atoms with Gasteiger partial charge in [-0.05, 0) is 83.8 Å². The number of unbranched alkanes of at least 4 members (excludes halogenated alkanes) is 3. The number of carboxylic acid groups (broad SMARTS) is 1. The van der Waals surface area contributed by atoms with E-state index in [0.717, 1.165) is 12.8 Å². The van der Waals surface area contributed by atoms with Crippen molar-refractivity contribution in [2.75, 3.05) is 191 Å². The number of hydrogen-bond acceptors (Lipinski definition) is 22. The van der Waals surface area contributed by atoms with E-state index in [1.165, 1.54) is 0 Å². The van der Waals surface area contributed by atoms with Crippen LogP contribution in [-0.4, -0.2) is 250 Å². The fourth-order valence-corrected chi connectivity index (χ4v) is 6.87. The summed E-state index contributed by atoms with van der Waals surface area (Å²) < 4.78 is 65.7. The molecule has 0 aliphatic heterocycles. The van der Waals surface area contributed by atoms with E-state index in [0.29, 0.717) is 196 Å². The van der Waals surface area contributed by atoms with Crippen molar-refractivity contribution in [3.8, 4) is 0 Å². The van der Waals surface area contributed by atoms with Crippen molar-refractivity contribution in [3.05, 3.63) is 0 Å². The summed E-state index contributed by atoms with van der Waals surface area (Å²) in [6, 6.07) is -2.25. The fraction of sp³-hybridized carbons (Fsp3) is 0.885. The van der Waals surface area contributed by atoms with Gasteiger partial charge in [-0.1, -0.05) is 0 Å². The SMILES string of the molecule is NCCCCC(NC(=O)CCOCCOCCOCCOCCCC(=O)C(CCCCN)NC(=O)CCOCCOCCOCCOCCNC(=O)C(CCCCN)NC(=O)CCOCCOCCOCCOCCN)C(=O)O. The minimum absolute atomic E-state index is 0.0454. The lowest BCUT2D eigenvalue weighted by Gasteiger charge is -2.18. The standard InChI is InChI=1S/C52H102N8O19/c53-15-4-1-8-44(47(61)11-7-20-68-26-32-74-38-39-75-35-29-71-23-14-50(64)60-46(52(66)67)10-3-6-17-55)58-48(62)12-21-69-27-33-77-41-43-79-37-31-73-25-19-57-51(65)45(9-2-5-16-54)59-49(63)13-22-70-28-34-76-40-42-78-36-30-72-24-18-56/h44-46H,1-43,53-56H2,(H,57,65)(H,58,62)(H,59,63)(H,60,64)(H,66,67). The zero-order valence-corrected chi connectivity index (χ0v) is 47.2. The van der Waals surface area contributed by atoms with Gasteiger partial charge in [0.15, 0.2) is 5.78 Å². The highest BCUT2D eigenvalue weighted by Gasteiger charge is 2.22. The molecule has 27 heteroatoms. The first-order valence-electron chi connectivity index (χ1n) is 28.2. The number of hydrogen-bond donors (Lipinski definition) is 9. The third-order valence-corrected chi connectivity index (χ3v) is 11.1. The highest BCUT2D eigenvalue weighted by atomic mass is 16.6. The number of nitrogens with two attached hydrogens (primary N) is 4. The second kappa shape index (κ2) is 59.0. The average molecular weight is 1140 g/mol. The van der Waals surface area contributed by atoms with Crippen molar-refractivity contribution in [2.24, 2.45) is 22.9 Å². The van der Waals surface area contributed by atoms with E-state index >= 15 is 0 Å². The van der Waals surface area contributed by atoms with Crippen LogP contribution in [0.2, 0.25) is 0 Å². The molecule has 27 nitrogen and oxygen atoms in total. The Morgan fingerprint density at radius 2 is 0.620 bits per heavy atom. The number of nitrogens with one attached hydrogen (secondary N) is 4. The number of aliphatic carboxylic acids is 1. The van der Waals surface area contributed by atoms with Gasteiger partial charge in [0.1, 0.15) is 12.1 Å². The first-order chi connectivity index (χ1) is 38.6. The maximum absolute atomic E-state index is 13.0. The van der Waals surface area contributed by atoms with Crippen LogP contribution in [0.3, 0.4) is 0 Å². The zero-order chi connectivity index (χ0) is 57.9. The molecule has 0 aliphatic carbocycles. The Kier molecular flexibility index (Phi) is 56.3. The number of carbonyl (C=O) groups excluding carboxylic acids is 5. The molecule has 464 valence electrons. The van der Waals surface area contributed by atoms with Gasteiger partial charge in [0.05, 0.1) is 158 Å². The molecular formula is C52H102N8O19. The summed E-state index contributed by atoms with van der Waals surface area (Å²) >= 11 is 0. The van der Waals surface area contributed by atoms with E-state index in [4.69, 9.17) is 79.8 Å². The number of carboxylic acids is 1. The van der Waals surface area contributed by atoms with Crippen LogP contribution in [0.1, 0.15) is 89.9 Å². The summed E-state index contributed by atoms with van der Waals surface area (Å²) in [5.74, 6) is -2.39. The number of Topliss-reactive ketones (excluding diaryl/α,β-unsaturated/α-hetero) is 1. The Labute approximate surface area is 468 Å². The number of ketones is 1. The molecule has 0 fully saturated rings. The predicted molar refractivity (Wildman–Crippen MR) is 292 cm³/mol. The second-order valence-corrected chi connectivity index (χ2v) is 17.8. The lowest BCUT2D eigenvalue weighted by molar-refractivity contribution is -0.142. The molecule has 0 aromatic rings. The first kappa shape index (κ1) is 75.4. The summed E-state index contributed by atoms with van der Waals surface area (Å²) in [6.07, 6.45) is 6.45. The van der Waals surface area contributed by atoms with Crippen LogP contribution < -0.4 is 44.2 Å². The summed E-state index contributed by atoms with van der Waals surface area (Å²) in [5.41, 5.74) is 22.1. The van der Waals surface area contributed by atoms with Crippen molar-refractivity contribution in [2.45, 2.75) is 108 Å². The number of ether oxygens (including phenoxy) is 12. The van der Waals surface area contributed by atoms with Gasteiger partial charge in [-0.3, -0.25) is 24.0 Å². The summed E-state index contributed by atoms with van der Waals surface area (Å²) in [7, 11) is 0. The topological polar surface area (TPSA) is 386 Å². The van der Waals surface area contributed by atoms with Gasteiger partial charge in [0.2, 0.25) is 23.6 Å². The highest BCUT2D eigenvalue weighted by Crippen LogP contribution is 2.08. The van der Waals surface area contributed by atoms with Gasteiger partial charge in [0, 0.05) is 45.4 Å². The van der Waals surface area contributed by atoms with Crippen molar-refractivity contribution in [3.63, 3.8) is 0 Å². The van der Waals surface area contributed by atoms with Gasteiger partial charge < -0.3 is 106 Å². The third-order valence-electron chi connectivity index (χ3n) is 11.1. The molecule has 0 rings (SSSR count). The molecule has 0 radical (unpaired) electrons. The van der Waals surface area contributed by atoms with Crippen molar-refractivity contribution in [1.82, 2.24) is 21.3 Å². The molecule has 3 unspecified atom stereocenters. The zero-order valence-electron chi connectivity index (χ0n) is 47.2. The van der Waals surface area contributed by atoms with Crippen LogP contribution in [0.5, 0.6) is 0 Å². The Morgan fingerprint density at radius 3 is 0.987 bits per heavy atom. The van der Waals surface area contributed by atoms with Crippen LogP contribution in [0.4, 0.5) is 0 Å². The van der Waals surface area contributed by atoms with Crippen molar-refractivity contribution < 1.29 is 90.7 Å². The predicted octanol–water partition coefficient (Wildman–Crippen LogP) is -1.29. The van der Waals surface area contributed by atoms with E-state index in [2.05, 4.69) is 21.3 Å². The van der Waals surface area contributed by atoms with Crippen LogP contribution in [-0.2, 0) is 85.6 Å². The largest absolute Gasteiger partial charge is 0.480 e. The first-order valence-corrected chi connectivity index (χ1v) is 28.2. The summed E-state index contributed by atoms with van der Waals surface area (Å²) in [6.45, 7) is 10.2. The minimum Gasteiger partial charge on any atom is -0.480 e. The quantitative estimate of drug-likeness (QED) is 0.0320. The molecule has 0 heterocycles. The second-order valence-electron chi connectivity index (χ2n) is 17.8. The van der Waals surface area contributed by atoms with Crippen LogP contribution >= 0.6 is 0 Å². The number of amides is 4. The average Bonchev–Trinajstić information content (AvgIpc) is 3.43. The van der Waals surface area contributed by atoms with Gasteiger partial charge in [-0.15, -0.1) is 0 Å². The van der Waals surface area contributed by atoms with E-state index in [9.17, 15) is 33.9 Å². The Balaban J connectivity index is 3.98. The van der Waals surface area contributed by atoms with Crippen LogP contribution in [0.25, 0.3) is 0 Å². The maximum Gasteiger partial charge on any atom is 0.326 e. The van der Waals surface area contributed by atoms with Crippen molar-refractivity contribution >= 4 is 35.4 Å². The molecule has 0 aromatic heterocycles. The van der Waals surface area contributed by atoms with Gasteiger partial charge in [-0.2, -0.15) is 0 Å². The Hall–Kier alpha value is -3.62. The molecule has 0 saturated carbocycles.